The molecule has 1 aliphatic rings. The van der Waals surface area contributed by atoms with Gasteiger partial charge in [0.05, 0.1) is 0 Å². The predicted octanol–water partition coefficient (Wildman–Crippen LogP) is 3.79. The first-order valence-corrected chi connectivity index (χ1v) is 7.12. The Balaban J connectivity index is 1.57. The van der Waals surface area contributed by atoms with Gasteiger partial charge < -0.3 is 5.32 Å². The minimum Gasteiger partial charge on any atom is -0.314 e. The summed E-state index contributed by atoms with van der Waals surface area (Å²) in [4.78, 5) is 0. The van der Waals surface area contributed by atoms with Gasteiger partial charge in [-0.05, 0) is 56.6 Å². The van der Waals surface area contributed by atoms with Gasteiger partial charge in [0.15, 0.2) is 0 Å². The summed E-state index contributed by atoms with van der Waals surface area (Å²) in [5, 5.41) is 3.71. The molecule has 94 valence electrons. The Morgan fingerprint density at radius 3 is 2.47 bits per heavy atom. The van der Waals surface area contributed by atoms with E-state index >= 15 is 0 Å². The smallest absolute Gasteiger partial charge is 0.00672 e. The van der Waals surface area contributed by atoms with E-state index in [1.54, 1.807) is 0 Å². The highest BCUT2D eigenvalue weighted by Crippen LogP contribution is 2.23. The van der Waals surface area contributed by atoms with Crippen molar-refractivity contribution in [2.24, 2.45) is 5.92 Å². The Labute approximate surface area is 106 Å². The largest absolute Gasteiger partial charge is 0.314 e. The molecule has 1 fully saturated rings. The van der Waals surface area contributed by atoms with Gasteiger partial charge >= 0.3 is 0 Å². The van der Waals surface area contributed by atoms with Gasteiger partial charge in [0.1, 0.15) is 0 Å². The lowest BCUT2D eigenvalue weighted by Crippen LogP contribution is -2.33. The van der Waals surface area contributed by atoms with E-state index in [4.69, 9.17) is 0 Å². The molecule has 0 amide bonds. The van der Waals surface area contributed by atoms with Crippen LogP contribution in [0.25, 0.3) is 0 Å². The molecule has 0 unspecified atom stereocenters. The van der Waals surface area contributed by atoms with E-state index < -0.39 is 0 Å². The zero-order valence-electron chi connectivity index (χ0n) is 11.0. The highest BCUT2D eigenvalue weighted by Gasteiger charge is 2.16. The summed E-state index contributed by atoms with van der Waals surface area (Å²) >= 11 is 0. The van der Waals surface area contributed by atoms with E-state index in [1.807, 2.05) is 0 Å². The van der Waals surface area contributed by atoms with Crippen LogP contribution in [0.15, 0.2) is 30.3 Å². The molecule has 0 heterocycles. The monoisotopic (exact) mass is 231 g/mol. The zero-order valence-corrected chi connectivity index (χ0v) is 11.0. The number of rotatable bonds is 5. The maximum atomic E-state index is 3.71. The van der Waals surface area contributed by atoms with Crippen molar-refractivity contribution in [3.63, 3.8) is 0 Å². The molecule has 1 saturated carbocycles. The zero-order chi connectivity index (χ0) is 11.9. The molecule has 0 aromatic heterocycles. The van der Waals surface area contributed by atoms with E-state index in [9.17, 15) is 0 Å². The van der Waals surface area contributed by atoms with E-state index in [2.05, 4.69) is 42.6 Å². The van der Waals surface area contributed by atoms with Crippen molar-refractivity contribution in [2.45, 2.75) is 51.5 Å². The lowest BCUT2D eigenvalue weighted by Gasteiger charge is -2.27. The summed E-state index contributed by atoms with van der Waals surface area (Å²) in [6.07, 6.45) is 8.05. The van der Waals surface area contributed by atoms with Crippen LogP contribution in [-0.4, -0.2) is 12.6 Å². The van der Waals surface area contributed by atoms with Crippen LogP contribution in [0.1, 0.15) is 44.6 Å². The Morgan fingerprint density at radius 2 is 1.76 bits per heavy atom. The second-order valence-electron chi connectivity index (χ2n) is 5.50. The fourth-order valence-electron chi connectivity index (χ4n) is 2.71. The van der Waals surface area contributed by atoms with Crippen LogP contribution >= 0.6 is 0 Å². The second kappa shape index (κ2) is 6.80. The summed E-state index contributed by atoms with van der Waals surface area (Å²) in [6, 6.07) is 11.6. The van der Waals surface area contributed by atoms with Crippen molar-refractivity contribution in [3.05, 3.63) is 35.9 Å². The molecule has 0 saturated heterocycles. The topological polar surface area (TPSA) is 12.0 Å². The number of nitrogens with one attached hydrogen (secondary N) is 1. The van der Waals surface area contributed by atoms with Crippen molar-refractivity contribution >= 4 is 0 Å². The molecule has 0 bridgehead atoms. The quantitative estimate of drug-likeness (QED) is 0.760. The summed E-state index contributed by atoms with van der Waals surface area (Å²) < 4.78 is 0. The third-order valence-corrected chi connectivity index (χ3v) is 3.93. The highest BCUT2D eigenvalue weighted by atomic mass is 14.9. The van der Waals surface area contributed by atoms with Crippen molar-refractivity contribution in [1.82, 2.24) is 5.32 Å². The Kier molecular flexibility index (Phi) is 5.06. The van der Waals surface area contributed by atoms with Crippen LogP contribution in [-0.2, 0) is 6.42 Å². The number of hydrogen-bond acceptors (Lipinski definition) is 1. The van der Waals surface area contributed by atoms with Crippen LogP contribution in [0, 0.1) is 5.92 Å². The summed E-state index contributed by atoms with van der Waals surface area (Å²) in [6.45, 7) is 3.56. The molecular weight excluding hydrogens is 206 g/mol. The Morgan fingerprint density at radius 1 is 1.06 bits per heavy atom. The van der Waals surface area contributed by atoms with Crippen molar-refractivity contribution in [2.75, 3.05) is 6.54 Å². The van der Waals surface area contributed by atoms with E-state index in [-0.39, 0.29) is 0 Å². The predicted molar refractivity (Wildman–Crippen MR) is 74.2 cm³/mol. The SMILES string of the molecule is C[C@H]1CC[C@H](NCCCc2ccccc2)CC1. The van der Waals surface area contributed by atoms with Gasteiger partial charge in [-0.25, -0.2) is 0 Å². The van der Waals surface area contributed by atoms with Crippen molar-refractivity contribution in [3.8, 4) is 0 Å². The van der Waals surface area contributed by atoms with Gasteiger partial charge in [-0.3, -0.25) is 0 Å². The Bertz CT molecular complexity index is 299. The van der Waals surface area contributed by atoms with Gasteiger partial charge in [0.2, 0.25) is 0 Å². The first-order chi connectivity index (χ1) is 8.34. The minimum atomic E-state index is 0.793. The second-order valence-corrected chi connectivity index (χ2v) is 5.50. The molecule has 0 atom stereocenters. The lowest BCUT2D eigenvalue weighted by molar-refractivity contribution is 0.307. The molecule has 1 nitrogen and oxygen atoms in total. The van der Waals surface area contributed by atoms with Crippen LogP contribution in [0.3, 0.4) is 0 Å². The molecule has 0 radical (unpaired) electrons. The molecule has 0 aliphatic heterocycles. The summed E-state index contributed by atoms with van der Waals surface area (Å²) in [5.74, 6) is 0.956. The Hall–Kier alpha value is -0.820. The number of benzene rings is 1. The third-order valence-electron chi connectivity index (χ3n) is 3.93. The summed E-state index contributed by atoms with van der Waals surface area (Å²) in [7, 11) is 0. The van der Waals surface area contributed by atoms with Gasteiger partial charge in [0, 0.05) is 6.04 Å². The molecule has 1 aromatic carbocycles. The maximum absolute atomic E-state index is 3.71. The average Bonchev–Trinajstić information content (AvgIpc) is 2.38. The molecule has 1 heteroatoms. The molecule has 17 heavy (non-hydrogen) atoms. The van der Waals surface area contributed by atoms with E-state index in [0.717, 1.165) is 12.0 Å². The fourth-order valence-corrected chi connectivity index (χ4v) is 2.71. The van der Waals surface area contributed by atoms with Gasteiger partial charge in [0.25, 0.3) is 0 Å². The average molecular weight is 231 g/mol. The molecular formula is C16H25N. The van der Waals surface area contributed by atoms with E-state index in [1.165, 1.54) is 50.6 Å². The lowest BCUT2D eigenvalue weighted by atomic mass is 9.87. The van der Waals surface area contributed by atoms with Crippen LogP contribution in [0.2, 0.25) is 0 Å². The first-order valence-electron chi connectivity index (χ1n) is 7.12. The summed E-state index contributed by atoms with van der Waals surface area (Å²) in [5.41, 5.74) is 1.46. The standard InChI is InChI=1S/C16H25N/c1-14-9-11-16(12-10-14)17-13-5-8-15-6-3-2-4-7-15/h2-4,6-7,14,16-17H,5,8-13H2,1H3/t14-,16-. The van der Waals surface area contributed by atoms with Gasteiger partial charge in [-0.15, -0.1) is 0 Å². The van der Waals surface area contributed by atoms with Gasteiger partial charge in [-0.2, -0.15) is 0 Å². The fraction of sp³-hybridized carbons (Fsp3) is 0.625. The van der Waals surface area contributed by atoms with Crippen LogP contribution in [0.4, 0.5) is 0 Å². The third kappa shape index (κ3) is 4.51. The minimum absolute atomic E-state index is 0.793. The molecule has 0 spiro atoms. The molecule has 2 rings (SSSR count). The molecule has 1 aliphatic carbocycles. The van der Waals surface area contributed by atoms with Gasteiger partial charge in [-0.1, -0.05) is 37.3 Å². The highest BCUT2D eigenvalue weighted by molar-refractivity contribution is 5.14. The van der Waals surface area contributed by atoms with Crippen LogP contribution < -0.4 is 5.32 Å². The maximum Gasteiger partial charge on any atom is 0.00672 e. The van der Waals surface area contributed by atoms with Crippen LogP contribution in [0.5, 0.6) is 0 Å². The number of hydrogen-bond donors (Lipinski definition) is 1. The van der Waals surface area contributed by atoms with Crippen molar-refractivity contribution < 1.29 is 0 Å². The molecule has 1 aromatic rings. The molecule has 1 N–H and O–H groups in total. The first kappa shape index (κ1) is 12.6. The van der Waals surface area contributed by atoms with Crippen molar-refractivity contribution in [1.29, 1.82) is 0 Å². The number of aryl methyl sites for hydroxylation is 1. The van der Waals surface area contributed by atoms with E-state index in [0.29, 0.717) is 0 Å². The normalized spacial score (nSPS) is 24.8.